The summed E-state index contributed by atoms with van der Waals surface area (Å²) in [5, 5.41) is 10.4. The van der Waals surface area contributed by atoms with Crippen LogP contribution >= 0.6 is 0 Å². The van der Waals surface area contributed by atoms with E-state index in [0.29, 0.717) is 0 Å². The molecule has 4 aromatic rings. The number of carbonyl (C=O) groups excluding carboxylic acids is 5. The van der Waals surface area contributed by atoms with Gasteiger partial charge in [-0.2, -0.15) is 0 Å². The predicted molar refractivity (Wildman–Crippen MR) is 156 cm³/mol. The van der Waals surface area contributed by atoms with Crippen molar-refractivity contribution in [3.8, 4) is 0 Å². The molecular weight excluding hydrogens is 568 g/mol. The van der Waals surface area contributed by atoms with E-state index in [1.165, 1.54) is 48.5 Å². The topological polar surface area (TPSA) is 143 Å². The maximum absolute atomic E-state index is 13.3. The molecule has 44 heavy (non-hydrogen) atoms. The molecule has 0 aliphatic carbocycles. The van der Waals surface area contributed by atoms with Crippen molar-refractivity contribution in [2.45, 2.75) is 24.4 Å². The van der Waals surface area contributed by atoms with E-state index in [2.05, 4.69) is 0 Å². The second-order valence-electron chi connectivity index (χ2n) is 9.34. The monoisotopic (exact) mass is 596 g/mol. The molecule has 0 heterocycles. The van der Waals surface area contributed by atoms with Gasteiger partial charge in [0.2, 0.25) is 0 Å². The Balaban J connectivity index is 1.75. The van der Waals surface area contributed by atoms with E-state index >= 15 is 0 Å². The molecule has 0 radical (unpaired) electrons. The number of ether oxygens (including phenoxy) is 4. The summed E-state index contributed by atoms with van der Waals surface area (Å²) < 4.78 is 22.3. The molecule has 0 aliphatic rings. The van der Waals surface area contributed by atoms with Gasteiger partial charge in [0.15, 0.2) is 30.7 Å². The van der Waals surface area contributed by atoms with E-state index in [4.69, 9.17) is 18.9 Å². The molecule has 0 spiro atoms. The van der Waals surface area contributed by atoms with Gasteiger partial charge in [0.25, 0.3) is 0 Å². The van der Waals surface area contributed by atoms with E-state index in [0.717, 1.165) is 0 Å². The van der Waals surface area contributed by atoms with Crippen LogP contribution in [0.2, 0.25) is 0 Å². The van der Waals surface area contributed by atoms with Crippen LogP contribution in [-0.4, -0.2) is 66.3 Å². The number of esters is 4. The van der Waals surface area contributed by atoms with Crippen molar-refractivity contribution in [3.05, 3.63) is 144 Å². The summed E-state index contributed by atoms with van der Waals surface area (Å²) in [5.74, 6) is -3.77. The Morgan fingerprint density at radius 2 is 0.818 bits per heavy atom. The van der Waals surface area contributed by atoms with Gasteiger partial charge in [-0.05, 0) is 48.5 Å². The first-order valence-corrected chi connectivity index (χ1v) is 13.5. The van der Waals surface area contributed by atoms with Crippen molar-refractivity contribution in [2.24, 2.45) is 0 Å². The Hall–Kier alpha value is -5.61. The average Bonchev–Trinajstić information content (AvgIpc) is 3.09. The standard InChI is InChI=1S/C34H28O10/c35-21-27(41-31(37)23-13-5-1-6-14-23)29(43-33(39)25-17-9-3-10-18-25)30(44-34(40)26-19-11-4-12-20-26)28(22-36)42-32(38)24-15-7-2-8-16-24/h1-21,27-30,36H,22H2/t27-,28+,29-,30+/m0/s1. The summed E-state index contributed by atoms with van der Waals surface area (Å²) in [6.45, 7) is -0.928. The van der Waals surface area contributed by atoms with Gasteiger partial charge in [-0.25, -0.2) is 19.2 Å². The summed E-state index contributed by atoms with van der Waals surface area (Å²) in [7, 11) is 0. The summed E-state index contributed by atoms with van der Waals surface area (Å²) in [6.07, 6.45) is -7.05. The summed E-state index contributed by atoms with van der Waals surface area (Å²) in [4.78, 5) is 65.0. The fourth-order valence-electron chi connectivity index (χ4n) is 4.13. The van der Waals surface area contributed by atoms with E-state index < -0.39 is 54.9 Å². The normalized spacial score (nSPS) is 13.3. The zero-order valence-electron chi connectivity index (χ0n) is 23.3. The third-order valence-electron chi connectivity index (χ3n) is 6.35. The molecule has 4 aromatic carbocycles. The van der Waals surface area contributed by atoms with Gasteiger partial charge >= 0.3 is 23.9 Å². The van der Waals surface area contributed by atoms with Crippen LogP contribution in [-0.2, 0) is 23.7 Å². The number of hydrogen-bond acceptors (Lipinski definition) is 10. The van der Waals surface area contributed by atoms with Gasteiger partial charge in [-0.15, -0.1) is 0 Å². The van der Waals surface area contributed by atoms with E-state index in [1.807, 2.05) is 0 Å². The summed E-state index contributed by atoms with van der Waals surface area (Å²) >= 11 is 0. The van der Waals surface area contributed by atoms with Gasteiger partial charge in [-0.1, -0.05) is 72.8 Å². The van der Waals surface area contributed by atoms with Crippen molar-refractivity contribution >= 4 is 30.2 Å². The minimum Gasteiger partial charge on any atom is -0.452 e. The molecular formula is C34H28O10. The quantitative estimate of drug-likeness (QED) is 0.136. The molecule has 224 valence electrons. The Morgan fingerprint density at radius 1 is 0.500 bits per heavy atom. The lowest BCUT2D eigenvalue weighted by Gasteiger charge is -2.34. The first-order valence-electron chi connectivity index (χ1n) is 13.5. The van der Waals surface area contributed by atoms with Gasteiger partial charge in [0.1, 0.15) is 0 Å². The molecule has 0 unspecified atom stereocenters. The van der Waals surface area contributed by atoms with Crippen molar-refractivity contribution < 1.29 is 48.0 Å². The first kappa shape index (κ1) is 31.3. The van der Waals surface area contributed by atoms with Crippen molar-refractivity contribution in [1.29, 1.82) is 0 Å². The van der Waals surface area contributed by atoms with Crippen LogP contribution in [0.25, 0.3) is 0 Å². The Bertz CT molecular complexity index is 1540. The third-order valence-corrected chi connectivity index (χ3v) is 6.35. The molecule has 0 aromatic heterocycles. The van der Waals surface area contributed by atoms with Crippen molar-refractivity contribution in [2.75, 3.05) is 6.61 Å². The highest BCUT2D eigenvalue weighted by Crippen LogP contribution is 2.23. The molecule has 4 atom stereocenters. The van der Waals surface area contributed by atoms with Crippen LogP contribution in [0.1, 0.15) is 41.4 Å². The van der Waals surface area contributed by atoms with Gasteiger partial charge < -0.3 is 24.1 Å². The van der Waals surface area contributed by atoms with Crippen LogP contribution in [0.5, 0.6) is 0 Å². The number of benzene rings is 4. The number of aliphatic hydroxyl groups excluding tert-OH is 1. The molecule has 0 saturated heterocycles. The SMILES string of the molecule is O=C[C@H](OC(=O)c1ccccc1)[C@H](OC(=O)c1ccccc1)[C@H](OC(=O)c1ccccc1)[C@@H](CO)OC(=O)c1ccccc1. The Labute approximate surface area is 252 Å². The molecule has 10 heteroatoms. The number of aldehydes is 1. The van der Waals surface area contributed by atoms with Gasteiger partial charge in [0, 0.05) is 0 Å². The van der Waals surface area contributed by atoms with Crippen LogP contribution < -0.4 is 0 Å². The van der Waals surface area contributed by atoms with Crippen molar-refractivity contribution in [3.63, 3.8) is 0 Å². The van der Waals surface area contributed by atoms with Crippen LogP contribution in [0.3, 0.4) is 0 Å². The van der Waals surface area contributed by atoms with Crippen LogP contribution in [0.4, 0.5) is 0 Å². The van der Waals surface area contributed by atoms with E-state index in [9.17, 15) is 29.1 Å². The lowest BCUT2D eigenvalue weighted by Crippen LogP contribution is -2.53. The molecule has 0 saturated carbocycles. The first-order chi connectivity index (χ1) is 21.4. The second-order valence-corrected chi connectivity index (χ2v) is 9.34. The zero-order chi connectivity index (χ0) is 31.3. The molecule has 1 N–H and O–H groups in total. The lowest BCUT2D eigenvalue weighted by molar-refractivity contribution is -0.142. The third kappa shape index (κ3) is 8.24. The highest BCUT2D eigenvalue weighted by molar-refractivity contribution is 5.92. The second kappa shape index (κ2) is 15.6. The Kier molecular flexibility index (Phi) is 11.1. The minimum atomic E-state index is -1.87. The minimum absolute atomic E-state index is 0.0616. The number of carbonyl (C=O) groups is 5. The summed E-state index contributed by atoms with van der Waals surface area (Å²) in [5.41, 5.74) is 0.325. The Morgan fingerprint density at radius 3 is 1.16 bits per heavy atom. The lowest BCUT2D eigenvalue weighted by atomic mass is 10.0. The maximum atomic E-state index is 13.3. The van der Waals surface area contributed by atoms with Gasteiger partial charge in [-0.3, -0.25) is 4.79 Å². The molecule has 0 fully saturated rings. The molecule has 0 amide bonds. The van der Waals surface area contributed by atoms with Crippen LogP contribution in [0, 0.1) is 0 Å². The smallest absolute Gasteiger partial charge is 0.338 e. The van der Waals surface area contributed by atoms with E-state index in [1.54, 1.807) is 72.8 Å². The predicted octanol–water partition coefficient (Wildman–Crippen LogP) is 4.08. The van der Waals surface area contributed by atoms with Gasteiger partial charge in [0.05, 0.1) is 28.9 Å². The fourth-order valence-corrected chi connectivity index (χ4v) is 4.13. The van der Waals surface area contributed by atoms with Crippen molar-refractivity contribution in [1.82, 2.24) is 0 Å². The average molecular weight is 597 g/mol. The number of rotatable bonds is 13. The summed E-state index contributed by atoms with van der Waals surface area (Å²) in [6, 6.07) is 30.9. The van der Waals surface area contributed by atoms with Crippen LogP contribution in [0.15, 0.2) is 121 Å². The maximum Gasteiger partial charge on any atom is 0.338 e. The fraction of sp³-hybridized carbons (Fsp3) is 0.147. The highest BCUT2D eigenvalue weighted by atomic mass is 16.6. The highest BCUT2D eigenvalue weighted by Gasteiger charge is 2.45. The molecule has 0 aliphatic heterocycles. The number of aliphatic hydroxyl groups is 1. The largest absolute Gasteiger partial charge is 0.452 e. The molecule has 0 bridgehead atoms. The zero-order valence-corrected chi connectivity index (χ0v) is 23.3. The molecule has 10 nitrogen and oxygen atoms in total. The number of hydrogen-bond donors (Lipinski definition) is 1. The molecule has 4 rings (SSSR count). The van der Waals surface area contributed by atoms with E-state index in [-0.39, 0.29) is 28.5 Å².